The fourth-order valence-electron chi connectivity index (χ4n) is 1.27. The topological polar surface area (TPSA) is 15.3 Å². The molecular weight excluding hydrogens is 196 g/mol. The molecular formula is C14H20N2. The van der Waals surface area contributed by atoms with E-state index in [1.165, 1.54) is 5.56 Å². The number of hydrogen-bond acceptors (Lipinski definition) is 2. The Balaban J connectivity index is 2.45. The molecule has 0 aliphatic heterocycles. The van der Waals surface area contributed by atoms with Crippen LogP contribution in [0.5, 0.6) is 0 Å². The minimum absolute atomic E-state index is 0.908. The number of rotatable bonds is 5. The van der Waals surface area contributed by atoms with Crippen molar-refractivity contribution in [3.8, 4) is 0 Å². The van der Waals surface area contributed by atoms with E-state index >= 15 is 0 Å². The Labute approximate surface area is 98.3 Å². The number of allylic oxidation sites excluding steroid dienone is 1. The summed E-state index contributed by atoms with van der Waals surface area (Å²) in [6, 6.07) is 8.28. The predicted molar refractivity (Wildman–Crippen MR) is 71.6 cm³/mol. The number of anilines is 1. The minimum atomic E-state index is 0.908. The fraction of sp³-hybridized carbons (Fsp3) is 0.286. The first-order valence-corrected chi connectivity index (χ1v) is 5.42. The third kappa shape index (κ3) is 4.80. The molecule has 0 aliphatic carbocycles. The van der Waals surface area contributed by atoms with E-state index in [9.17, 15) is 0 Å². The van der Waals surface area contributed by atoms with Gasteiger partial charge in [0.1, 0.15) is 0 Å². The normalized spacial score (nSPS) is 11.0. The average molecular weight is 216 g/mol. The van der Waals surface area contributed by atoms with Crippen LogP contribution in [0.1, 0.15) is 5.56 Å². The van der Waals surface area contributed by atoms with Crippen LogP contribution in [-0.4, -0.2) is 25.5 Å². The molecule has 0 spiro atoms. The Kier molecular flexibility index (Phi) is 4.80. The van der Waals surface area contributed by atoms with Crippen molar-refractivity contribution in [1.82, 2.24) is 4.90 Å². The Hall–Kier alpha value is -1.54. The molecule has 0 saturated carbocycles. The Bertz CT molecular complexity index is 361. The first kappa shape index (κ1) is 12.5. The van der Waals surface area contributed by atoms with Crippen molar-refractivity contribution < 1.29 is 0 Å². The lowest BCUT2D eigenvalue weighted by Gasteiger charge is -2.07. The highest BCUT2D eigenvalue weighted by Crippen LogP contribution is 2.10. The van der Waals surface area contributed by atoms with Crippen LogP contribution in [0.15, 0.2) is 48.7 Å². The molecule has 1 N–H and O–H groups in total. The maximum Gasteiger partial charge on any atom is 0.0384 e. The van der Waals surface area contributed by atoms with Crippen LogP contribution >= 0.6 is 0 Å². The monoisotopic (exact) mass is 216 g/mol. The zero-order chi connectivity index (χ0) is 12.0. The van der Waals surface area contributed by atoms with E-state index in [1.54, 1.807) is 0 Å². The second-order valence-electron chi connectivity index (χ2n) is 4.18. The number of benzene rings is 1. The van der Waals surface area contributed by atoms with Crippen LogP contribution in [-0.2, 0) is 0 Å². The number of nitrogens with one attached hydrogen (secondary N) is 1. The van der Waals surface area contributed by atoms with Gasteiger partial charge in [0.15, 0.2) is 0 Å². The fourth-order valence-corrected chi connectivity index (χ4v) is 1.27. The van der Waals surface area contributed by atoms with E-state index < -0.39 is 0 Å². The molecule has 0 bridgehead atoms. The molecule has 0 radical (unpaired) electrons. The summed E-state index contributed by atoms with van der Waals surface area (Å²) in [4.78, 5) is 2.11. The summed E-state index contributed by atoms with van der Waals surface area (Å²) in [6.45, 7) is 6.96. The van der Waals surface area contributed by atoms with Gasteiger partial charge in [0.05, 0.1) is 0 Å². The highest BCUT2D eigenvalue weighted by atomic mass is 15.0. The first-order chi connectivity index (χ1) is 7.58. The number of nitrogens with zero attached hydrogens (tertiary/aromatic N) is 1. The van der Waals surface area contributed by atoms with E-state index in [0.29, 0.717) is 0 Å². The van der Waals surface area contributed by atoms with Gasteiger partial charge in [0.2, 0.25) is 0 Å². The molecule has 86 valence electrons. The van der Waals surface area contributed by atoms with Gasteiger partial charge in [0.25, 0.3) is 0 Å². The Morgan fingerprint density at radius 2 is 1.94 bits per heavy atom. The van der Waals surface area contributed by atoms with Crippen LogP contribution < -0.4 is 5.32 Å². The van der Waals surface area contributed by atoms with Gasteiger partial charge in [-0.15, -0.1) is 0 Å². The summed E-state index contributed by atoms with van der Waals surface area (Å²) in [7, 11) is 4.08. The van der Waals surface area contributed by atoms with Gasteiger partial charge >= 0.3 is 0 Å². The second kappa shape index (κ2) is 6.13. The molecule has 1 rings (SSSR count). The van der Waals surface area contributed by atoms with E-state index in [2.05, 4.69) is 54.1 Å². The number of aryl methyl sites for hydroxylation is 1. The summed E-state index contributed by atoms with van der Waals surface area (Å²) in [5, 5.41) is 3.24. The standard InChI is InChI=1S/C14H20N2/c1-12-7-9-14(10-8-12)15-13(2)6-5-11-16(3)4/h5-10,15H,2,11H2,1,3-4H3/b6-5+. The number of likely N-dealkylation sites (N-methyl/N-ethyl adjacent to an activating group) is 1. The van der Waals surface area contributed by atoms with Crippen molar-refractivity contribution >= 4 is 5.69 Å². The molecule has 1 aromatic rings. The maximum absolute atomic E-state index is 3.95. The Morgan fingerprint density at radius 1 is 1.31 bits per heavy atom. The van der Waals surface area contributed by atoms with E-state index in [4.69, 9.17) is 0 Å². The van der Waals surface area contributed by atoms with Crippen molar-refractivity contribution in [2.45, 2.75) is 6.92 Å². The predicted octanol–water partition coefficient (Wildman–Crippen LogP) is 3.04. The van der Waals surface area contributed by atoms with Gasteiger partial charge in [-0.05, 0) is 39.2 Å². The molecule has 2 nitrogen and oxygen atoms in total. The summed E-state index contributed by atoms with van der Waals surface area (Å²) < 4.78 is 0. The van der Waals surface area contributed by atoms with Gasteiger partial charge in [0, 0.05) is 17.9 Å². The molecule has 0 unspecified atom stereocenters. The summed E-state index contributed by atoms with van der Waals surface area (Å²) in [5.74, 6) is 0. The lowest BCUT2D eigenvalue weighted by molar-refractivity contribution is 0.456. The molecule has 1 aromatic carbocycles. The quantitative estimate of drug-likeness (QED) is 0.761. The third-order valence-electron chi connectivity index (χ3n) is 2.15. The van der Waals surface area contributed by atoms with Crippen molar-refractivity contribution in [3.63, 3.8) is 0 Å². The molecule has 0 aliphatic rings. The highest BCUT2D eigenvalue weighted by molar-refractivity contribution is 5.50. The summed E-state index contributed by atoms with van der Waals surface area (Å²) in [6.07, 6.45) is 4.09. The van der Waals surface area contributed by atoms with Crippen LogP contribution in [0.4, 0.5) is 5.69 Å². The van der Waals surface area contributed by atoms with Crippen molar-refractivity contribution in [2.75, 3.05) is 26.0 Å². The third-order valence-corrected chi connectivity index (χ3v) is 2.15. The summed E-state index contributed by atoms with van der Waals surface area (Å²) in [5.41, 5.74) is 3.25. The molecule has 0 fully saturated rings. The van der Waals surface area contributed by atoms with Crippen LogP contribution in [0.3, 0.4) is 0 Å². The molecule has 16 heavy (non-hydrogen) atoms. The largest absolute Gasteiger partial charge is 0.356 e. The first-order valence-electron chi connectivity index (χ1n) is 5.42. The van der Waals surface area contributed by atoms with E-state index in [-0.39, 0.29) is 0 Å². The van der Waals surface area contributed by atoms with E-state index in [1.807, 2.05) is 20.2 Å². The maximum atomic E-state index is 3.95. The average Bonchev–Trinajstić information content (AvgIpc) is 2.21. The van der Waals surface area contributed by atoms with Gasteiger partial charge < -0.3 is 10.2 Å². The zero-order valence-corrected chi connectivity index (χ0v) is 10.3. The molecule has 0 saturated heterocycles. The van der Waals surface area contributed by atoms with Gasteiger partial charge in [-0.25, -0.2) is 0 Å². The van der Waals surface area contributed by atoms with Crippen molar-refractivity contribution in [2.24, 2.45) is 0 Å². The molecule has 0 atom stereocenters. The Morgan fingerprint density at radius 3 is 2.50 bits per heavy atom. The number of hydrogen-bond donors (Lipinski definition) is 1. The molecule has 0 amide bonds. The van der Waals surface area contributed by atoms with Crippen LogP contribution in [0.25, 0.3) is 0 Å². The van der Waals surface area contributed by atoms with Gasteiger partial charge in [-0.3, -0.25) is 0 Å². The highest BCUT2D eigenvalue weighted by Gasteiger charge is 1.92. The van der Waals surface area contributed by atoms with Gasteiger partial charge in [-0.1, -0.05) is 30.4 Å². The summed E-state index contributed by atoms with van der Waals surface area (Å²) >= 11 is 0. The van der Waals surface area contributed by atoms with Gasteiger partial charge in [-0.2, -0.15) is 0 Å². The minimum Gasteiger partial charge on any atom is -0.356 e. The lowest BCUT2D eigenvalue weighted by atomic mass is 10.2. The van der Waals surface area contributed by atoms with E-state index in [0.717, 1.165) is 17.9 Å². The molecule has 0 aromatic heterocycles. The van der Waals surface area contributed by atoms with Crippen molar-refractivity contribution in [1.29, 1.82) is 0 Å². The SMILES string of the molecule is C=C(/C=C/CN(C)C)Nc1ccc(C)cc1. The zero-order valence-electron chi connectivity index (χ0n) is 10.3. The molecule has 0 heterocycles. The lowest BCUT2D eigenvalue weighted by Crippen LogP contribution is -2.10. The van der Waals surface area contributed by atoms with Crippen molar-refractivity contribution in [3.05, 3.63) is 54.3 Å². The van der Waals surface area contributed by atoms with Crippen LogP contribution in [0, 0.1) is 6.92 Å². The second-order valence-corrected chi connectivity index (χ2v) is 4.18. The molecule has 2 heteroatoms. The van der Waals surface area contributed by atoms with Crippen LogP contribution in [0.2, 0.25) is 0 Å². The smallest absolute Gasteiger partial charge is 0.0384 e.